The van der Waals surface area contributed by atoms with Gasteiger partial charge in [0.05, 0.1) is 0 Å². The van der Waals surface area contributed by atoms with Crippen LogP contribution in [0, 0.1) is 6.92 Å². The molecule has 0 aliphatic carbocycles. The highest BCUT2D eigenvalue weighted by Gasteiger charge is 2.15. The maximum atomic E-state index is 11.9. The number of halogens is 3. The van der Waals surface area contributed by atoms with Crippen LogP contribution in [0.5, 0.6) is 0 Å². The number of carbonyl (C=O) groups excluding carboxylic acids is 2. The number of amides is 2. The third kappa shape index (κ3) is 4.37. The minimum absolute atomic E-state index is 0.333. The van der Waals surface area contributed by atoms with Gasteiger partial charge in [-0.25, -0.2) is 0 Å². The summed E-state index contributed by atoms with van der Waals surface area (Å²) in [6.07, 6.45) is 0. The molecule has 2 aromatic rings. The lowest BCUT2D eigenvalue weighted by Gasteiger charge is -2.08. The van der Waals surface area contributed by atoms with Gasteiger partial charge in [0.2, 0.25) is 0 Å². The summed E-state index contributed by atoms with van der Waals surface area (Å²) in [5.74, 6) is -1.66. The van der Waals surface area contributed by atoms with Gasteiger partial charge in [-0.15, -0.1) is 0 Å². The fourth-order valence-corrected chi connectivity index (χ4v) is 2.38. The molecule has 0 heterocycles. The Morgan fingerprint density at radius 2 is 1.36 bits per heavy atom. The molecule has 0 aliphatic rings. The number of anilines is 2. The van der Waals surface area contributed by atoms with Crippen LogP contribution >= 0.6 is 34.8 Å². The summed E-state index contributed by atoms with van der Waals surface area (Å²) in [4.78, 5) is 23.7. The molecular weight excluding hydrogens is 347 g/mol. The first-order valence-electron chi connectivity index (χ1n) is 6.20. The zero-order chi connectivity index (χ0) is 16.3. The average Bonchev–Trinajstić information content (AvgIpc) is 2.41. The van der Waals surface area contributed by atoms with E-state index in [1.807, 2.05) is 6.92 Å². The van der Waals surface area contributed by atoms with Gasteiger partial charge >= 0.3 is 11.8 Å². The largest absolute Gasteiger partial charge is 0.318 e. The molecule has 0 saturated carbocycles. The Balaban J connectivity index is 2.05. The molecule has 0 spiro atoms. The maximum absolute atomic E-state index is 11.9. The molecule has 2 amide bonds. The Morgan fingerprint density at radius 3 is 1.91 bits per heavy atom. The summed E-state index contributed by atoms with van der Waals surface area (Å²) in [6, 6.07) is 9.46. The van der Waals surface area contributed by atoms with Gasteiger partial charge in [-0.05, 0) is 42.8 Å². The highest BCUT2D eigenvalue weighted by Crippen LogP contribution is 2.23. The molecule has 4 nitrogen and oxygen atoms in total. The normalized spacial score (nSPS) is 10.2. The summed E-state index contributed by atoms with van der Waals surface area (Å²) < 4.78 is 0. The second kappa shape index (κ2) is 7.01. The standard InChI is InChI=1S/C15H11Cl3N2O2/c1-8-2-3-11(7-13(8)18)19-14(21)15(22)20-12-5-9(16)4-10(17)6-12/h2-7H,1H3,(H,19,21)(H,20,22). The van der Waals surface area contributed by atoms with Crippen LogP contribution in [0.15, 0.2) is 36.4 Å². The molecule has 2 rings (SSSR count). The Bertz CT molecular complexity index is 727. The van der Waals surface area contributed by atoms with E-state index in [0.29, 0.717) is 26.4 Å². The molecule has 0 saturated heterocycles. The van der Waals surface area contributed by atoms with E-state index in [-0.39, 0.29) is 0 Å². The predicted molar refractivity (Wildman–Crippen MR) is 89.9 cm³/mol. The molecule has 0 aliphatic heterocycles. The third-order valence-corrected chi connectivity index (χ3v) is 3.60. The molecule has 22 heavy (non-hydrogen) atoms. The number of hydrogen-bond acceptors (Lipinski definition) is 2. The van der Waals surface area contributed by atoms with Gasteiger partial charge in [-0.2, -0.15) is 0 Å². The Hall–Kier alpha value is -1.75. The summed E-state index contributed by atoms with van der Waals surface area (Å²) in [7, 11) is 0. The van der Waals surface area contributed by atoms with Gasteiger partial charge in [0.25, 0.3) is 0 Å². The van der Waals surface area contributed by atoms with Crippen molar-refractivity contribution in [1.82, 2.24) is 0 Å². The van der Waals surface area contributed by atoms with E-state index in [1.165, 1.54) is 18.2 Å². The van der Waals surface area contributed by atoms with Crippen molar-refractivity contribution in [3.8, 4) is 0 Å². The number of benzene rings is 2. The smallest absolute Gasteiger partial charge is 0.314 e. The van der Waals surface area contributed by atoms with E-state index in [4.69, 9.17) is 34.8 Å². The molecule has 7 heteroatoms. The third-order valence-electron chi connectivity index (χ3n) is 2.76. The minimum Gasteiger partial charge on any atom is -0.318 e. The molecule has 0 atom stereocenters. The Labute approximate surface area is 142 Å². The van der Waals surface area contributed by atoms with Crippen molar-refractivity contribution in [3.63, 3.8) is 0 Å². The van der Waals surface area contributed by atoms with E-state index in [0.717, 1.165) is 5.56 Å². The summed E-state index contributed by atoms with van der Waals surface area (Å²) in [6.45, 7) is 1.84. The van der Waals surface area contributed by atoms with Crippen LogP contribution in [-0.4, -0.2) is 11.8 Å². The molecular formula is C15H11Cl3N2O2. The lowest BCUT2D eigenvalue weighted by molar-refractivity contribution is -0.132. The van der Waals surface area contributed by atoms with E-state index < -0.39 is 11.8 Å². The number of hydrogen-bond donors (Lipinski definition) is 2. The monoisotopic (exact) mass is 356 g/mol. The minimum atomic E-state index is -0.838. The van der Waals surface area contributed by atoms with Crippen molar-refractivity contribution in [2.24, 2.45) is 0 Å². The lowest BCUT2D eigenvalue weighted by Crippen LogP contribution is -2.29. The van der Waals surface area contributed by atoms with Gasteiger partial charge in [0.1, 0.15) is 0 Å². The average molecular weight is 358 g/mol. The van der Waals surface area contributed by atoms with Crippen LogP contribution in [0.2, 0.25) is 15.1 Å². The molecule has 2 N–H and O–H groups in total. The lowest BCUT2D eigenvalue weighted by atomic mass is 10.2. The second-order valence-electron chi connectivity index (χ2n) is 4.53. The highest BCUT2D eigenvalue weighted by atomic mass is 35.5. The van der Waals surface area contributed by atoms with Crippen LogP contribution in [0.25, 0.3) is 0 Å². The van der Waals surface area contributed by atoms with Gasteiger partial charge in [0.15, 0.2) is 0 Å². The van der Waals surface area contributed by atoms with Crippen molar-refractivity contribution < 1.29 is 9.59 Å². The van der Waals surface area contributed by atoms with Gasteiger partial charge in [0, 0.05) is 26.4 Å². The molecule has 114 valence electrons. The van der Waals surface area contributed by atoms with E-state index in [1.54, 1.807) is 18.2 Å². The number of aryl methyl sites for hydroxylation is 1. The Kier molecular flexibility index (Phi) is 5.29. The zero-order valence-electron chi connectivity index (χ0n) is 11.4. The molecule has 0 radical (unpaired) electrons. The fourth-order valence-electron chi connectivity index (χ4n) is 1.67. The zero-order valence-corrected chi connectivity index (χ0v) is 13.7. The first kappa shape index (κ1) is 16.6. The predicted octanol–water partition coefficient (Wildman–Crippen LogP) is 4.53. The number of rotatable bonds is 2. The summed E-state index contributed by atoms with van der Waals surface area (Å²) >= 11 is 17.6. The van der Waals surface area contributed by atoms with Gasteiger partial charge in [-0.1, -0.05) is 40.9 Å². The van der Waals surface area contributed by atoms with Crippen molar-refractivity contribution >= 4 is 58.0 Å². The first-order valence-corrected chi connectivity index (χ1v) is 7.33. The quantitative estimate of drug-likeness (QED) is 0.776. The first-order chi connectivity index (χ1) is 10.3. The Morgan fingerprint density at radius 1 is 0.818 bits per heavy atom. The van der Waals surface area contributed by atoms with Crippen LogP contribution in [0.4, 0.5) is 11.4 Å². The molecule has 0 fully saturated rings. The van der Waals surface area contributed by atoms with Crippen LogP contribution in [-0.2, 0) is 9.59 Å². The fraction of sp³-hybridized carbons (Fsp3) is 0.0667. The second-order valence-corrected chi connectivity index (χ2v) is 5.81. The SMILES string of the molecule is Cc1ccc(NC(=O)C(=O)Nc2cc(Cl)cc(Cl)c2)cc1Cl. The van der Waals surface area contributed by atoms with E-state index in [2.05, 4.69) is 10.6 Å². The summed E-state index contributed by atoms with van der Waals surface area (Å²) in [5.41, 5.74) is 1.64. The topological polar surface area (TPSA) is 58.2 Å². The molecule has 2 aromatic carbocycles. The summed E-state index contributed by atoms with van der Waals surface area (Å²) in [5, 5.41) is 6.08. The highest BCUT2D eigenvalue weighted by molar-refractivity contribution is 6.44. The molecule has 0 bridgehead atoms. The van der Waals surface area contributed by atoms with Crippen molar-refractivity contribution in [2.75, 3.05) is 10.6 Å². The van der Waals surface area contributed by atoms with Crippen molar-refractivity contribution in [3.05, 3.63) is 57.0 Å². The number of nitrogens with one attached hydrogen (secondary N) is 2. The van der Waals surface area contributed by atoms with Gasteiger partial charge < -0.3 is 10.6 Å². The van der Waals surface area contributed by atoms with Crippen LogP contribution in [0.1, 0.15) is 5.56 Å². The van der Waals surface area contributed by atoms with Crippen molar-refractivity contribution in [2.45, 2.75) is 6.92 Å². The maximum Gasteiger partial charge on any atom is 0.314 e. The van der Waals surface area contributed by atoms with E-state index in [9.17, 15) is 9.59 Å². The van der Waals surface area contributed by atoms with Crippen LogP contribution in [0.3, 0.4) is 0 Å². The van der Waals surface area contributed by atoms with Crippen LogP contribution < -0.4 is 10.6 Å². The van der Waals surface area contributed by atoms with Crippen molar-refractivity contribution in [1.29, 1.82) is 0 Å². The van der Waals surface area contributed by atoms with E-state index >= 15 is 0 Å². The molecule has 0 aromatic heterocycles. The van der Waals surface area contributed by atoms with Gasteiger partial charge in [-0.3, -0.25) is 9.59 Å². The number of carbonyl (C=O) groups is 2. The molecule has 0 unspecified atom stereocenters.